The van der Waals surface area contributed by atoms with Crippen molar-refractivity contribution in [2.75, 3.05) is 0 Å². The number of aryl methyl sites for hydroxylation is 4. The fourth-order valence-electron chi connectivity index (χ4n) is 6.39. The van der Waals surface area contributed by atoms with Crippen molar-refractivity contribution in [2.45, 2.75) is 53.9 Å². The Morgan fingerprint density at radius 2 is 0.700 bits per heavy atom. The minimum absolute atomic E-state index is 0.654. The molecule has 0 N–H and O–H groups in total. The van der Waals surface area contributed by atoms with Crippen LogP contribution >= 0.6 is 0 Å². The maximum atomic E-state index is 5.04. The van der Waals surface area contributed by atoms with E-state index in [-0.39, 0.29) is 0 Å². The van der Waals surface area contributed by atoms with E-state index in [2.05, 4.69) is 168 Å². The second kappa shape index (κ2) is 14.4. The molecule has 1 heterocycles. The average Bonchev–Trinajstić information content (AvgIpc) is 3.16. The Kier molecular flexibility index (Phi) is 9.49. The lowest BCUT2D eigenvalue weighted by atomic mass is 9.96. The van der Waals surface area contributed by atoms with Gasteiger partial charge in [-0.05, 0) is 96.2 Å². The molecule has 0 spiro atoms. The summed E-state index contributed by atoms with van der Waals surface area (Å²) in [6.07, 6.45) is 3.56. The van der Waals surface area contributed by atoms with Crippen LogP contribution in [0.3, 0.4) is 0 Å². The first-order valence-corrected chi connectivity index (χ1v) is 17.7. The predicted molar refractivity (Wildman–Crippen MR) is 210 cm³/mol. The average molecular weight is 650 g/mol. The SMILES string of the molecule is CCCCc1ccc(-c2ccc(-c3nc(-c4ccc(-c5ccc(C)cc5)cc4)nc(-c4ccc(-c5cc(C)c(C)c(C)c5)cc4)n3)cc2)cc1. The maximum absolute atomic E-state index is 5.04. The first kappa shape index (κ1) is 32.9. The van der Waals surface area contributed by atoms with Gasteiger partial charge in [-0.25, -0.2) is 15.0 Å². The van der Waals surface area contributed by atoms with Gasteiger partial charge in [0.05, 0.1) is 0 Å². The van der Waals surface area contributed by atoms with E-state index in [1.807, 2.05) is 0 Å². The van der Waals surface area contributed by atoms with Gasteiger partial charge in [0.1, 0.15) is 0 Å². The van der Waals surface area contributed by atoms with Crippen molar-refractivity contribution in [2.24, 2.45) is 0 Å². The minimum Gasteiger partial charge on any atom is -0.208 e. The standard InChI is InChI=1S/C47H43N3/c1-6-7-8-35-11-15-37(16-12-35)39-19-25-42(26-20-39)46-48-45(41-23-17-38(18-24-41)36-13-9-31(2)10-14-36)49-47(50-46)43-27-21-40(22-28-43)44-29-32(3)34(5)33(4)30-44/h9-30H,6-8H2,1-5H3. The molecule has 0 radical (unpaired) electrons. The summed E-state index contributed by atoms with van der Waals surface area (Å²) in [5.41, 5.74) is 16.6. The van der Waals surface area contributed by atoms with Crippen LogP contribution in [0.5, 0.6) is 0 Å². The van der Waals surface area contributed by atoms with Gasteiger partial charge in [-0.3, -0.25) is 0 Å². The van der Waals surface area contributed by atoms with Gasteiger partial charge in [-0.15, -0.1) is 0 Å². The van der Waals surface area contributed by atoms with Gasteiger partial charge in [0.2, 0.25) is 0 Å². The zero-order chi connectivity index (χ0) is 34.6. The van der Waals surface area contributed by atoms with Crippen molar-refractivity contribution in [1.82, 2.24) is 15.0 Å². The Morgan fingerprint density at radius 3 is 1.08 bits per heavy atom. The van der Waals surface area contributed by atoms with Gasteiger partial charge < -0.3 is 0 Å². The minimum atomic E-state index is 0.654. The third-order valence-electron chi connectivity index (χ3n) is 9.82. The van der Waals surface area contributed by atoms with Gasteiger partial charge in [0.15, 0.2) is 17.5 Å². The number of benzene rings is 6. The first-order chi connectivity index (χ1) is 24.3. The zero-order valence-electron chi connectivity index (χ0n) is 29.7. The Balaban J connectivity index is 1.24. The highest BCUT2D eigenvalue weighted by Gasteiger charge is 2.14. The summed E-state index contributed by atoms with van der Waals surface area (Å²) in [5, 5.41) is 0. The number of rotatable bonds is 9. The van der Waals surface area contributed by atoms with E-state index >= 15 is 0 Å². The van der Waals surface area contributed by atoms with Crippen molar-refractivity contribution in [1.29, 1.82) is 0 Å². The quantitative estimate of drug-likeness (QED) is 0.156. The molecule has 0 aliphatic carbocycles. The highest BCUT2D eigenvalue weighted by atomic mass is 15.0. The van der Waals surface area contributed by atoms with Crippen LogP contribution in [0.1, 0.15) is 47.6 Å². The molecule has 3 heteroatoms. The molecule has 0 saturated carbocycles. The number of nitrogens with zero attached hydrogens (tertiary/aromatic N) is 3. The molecule has 0 aliphatic rings. The molecule has 0 saturated heterocycles. The van der Waals surface area contributed by atoms with Crippen LogP contribution in [-0.2, 0) is 6.42 Å². The molecule has 0 aliphatic heterocycles. The van der Waals surface area contributed by atoms with Crippen LogP contribution in [0, 0.1) is 27.7 Å². The summed E-state index contributed by atoms with van der Waals surface area (Å²) in [6, 6.07) is 47.7. The van der Waals surface area contributed by atoms with E-state index in [0.29, 0.717) is 17.5 Å². The highest BCUT2D eigenvalue weighted by Crippen LogP contribution is 2.31. The van der Waals surface area contributed by atoms with Crippen LogP contribution in [-0.4, -0.2) is 15.0 Å². The van der Waals surface area contributed by atoms with Crippen LogP contribution in [0.25, 0.3) is 67.5 Å². The molecule has 3 nitrogen and oxygen atoms in total. The van der Waals surface area contributed by atoms with Crippen LogP contribution in [0.4, 0.5) is 0 Å². The topological polar surface area (TPSA) is 38.7 Å². The molecule has 0 bridgehead atoms. The fourth-order valence-corrected chi connectivity index (χ4v) is 6.39. The Hall–Kier alpha value is -5.67. The van der Waals surface area contributed by atoms with E-state index in [1.165, 1.54) is 68.5 Å². The molecular formula is C47H43N3. The molecule has 0 atom stereocenters. The molecular weight excluding hydrogens is 607 g/mol. The second-order valence-corrected chi connectivity index (χ2v) is 13.4. The van der Waals surface area contributed by atoms with Gasteiger partial charge in [0, 0.05) is 16.7 Å². The molecule has 50 heavy (non-hydrogen) atoms. The van der Waals surface area contributed by atoms with Crippen LogP contribution < -0.4 is 0 Å². The van der Waals surface area contributed by atoms with Gasteiger partial charge in [0.25, 0.3) is 0 Å². The van der Waals surface area contributed by atoms with E-state index in [9.17, 15) is 0 Å². The molecule has 0 unspecified atom stereocenters. The summed E-state index contributed by atoms with van der Waals surface area (Å²) in [4.78, 5) is 15.1. The monoisotopic (exact) mass is 649 g/mol. The third-order valence-corrected chi connectivity index (χ3v) is 9.82. The van der Waals surface area contributed by atoms with E-state index in [4.69, 9.17) is 15.0 Å². The van der Waals surface area contributed by atoms with E-state index in [1.54, 1.807) is 0 Å². The molecule has 0 amide bonds. The Bertz CT molecular complexity index is 2210. The van der Waals surface area contributed by atoms with Gasteiger partial charge in [-0.1, -0.05) is 152 Å². The van der Waals surface area contributed by atoms with Crippen molar-refractivity contribution in [3.8, 4) is 67.5 Å². The lowest BCUT2D eigenvalue weighted by molar-refractivity contribution is 0.795. The van der Waals surface area contributed by atoms with Crippen LogP contribution in [0.15, 0.2) is 133 Å². The Labute approximate surface area is 296 Å². The smallest absolute Gasteiger partial charge is 0.164 e. The van der Waals surface area contributed by atoms with Crippen molar-refractivity contribution in [3.63, 3.8) is 0 Å². The fraction of sp³-hybridized carbons (Fsp3) is 0.170. The first-order valence-electron chi connectivity index (χ1n) is 17.7. The molecule has 246 valence electrons. The second-order valence-electron chi connectivity index (χ2n) is 13.4. The van der Waals surface area contributed by atoms with Gasteiger partial charge in [-0.2, -0.15) is 0 Å². The summed E-state index contributed by atoms with van der Waals surface area (Å²) < 4.78 is 0. The highest BCUT2D eigenvalue weighted by molar-refractivity contribution is 5.74. The molecule has 7 aromatic rings. The predicted octanol–water partition coefficient (Wildman–Crippen LogP) is 12.4. The number of hydrogen-bond donors (Lipinski definition) is 0. The van der Waals surface area contributed by atoms with E-state index in [0.717, 1.165) is 28.7 Å². The summed E-state index contributed by atoms with van der Waals surface area (Å²) >= 11 is 0. The summed E-state index contributed by atoms with van der Waals surface area (Å²) in [7, 11) is 0. The number of hydrogen-bond acceptors (Lipinski definition) is 3. The van der Waals surface area contributed by atoms with Crippen LogP contribution in [0.2, 0.25) is 0 Å². The van der Waals surface area contributed by atoms with Crippen molar-refractivity contribution in [3.05, 3.63) is 161 Å². The largest absolute Gasteiger partial charge is 0.208 e. The lowest BCUT2D eigenvalue weighted by Crippen LogP contribution is -2.00. The van der Waals surface area contributed by atoms with Crippen molar-refractivity contribution < 1.29 is 0 Å². The summed E-state index contributed by atoms with van der Waals surface area (Å²) in [5.74, 6) is 1.96. The summed E-state index contributed by atoms with van der Waals surface area (Å²) in [6.45, 7) is 10.9. The molecule has 7 rings (SSSR count). The normalized spacial score (nSPS) is 11.1. The van der Waals surface area contributed by atoms with Gasteiger partial charge >= 0.3 is 0 Å². The van der Waals surface area contributed by atoms with Crippen molar-refractivity contribution >= 4 is 0 Å². The number of aromatic nitrogens is 3. The van der Waals surface area contributed by atoms with E-state index < -0.39 is 0 Å². The zero-order valence-corrected chi connectivity index (χ0v) is 29.7. The molecule has 1 aromatic heterocycles. The maximum Gasteiger partial charge on any atom is 0.164 e. The molecule has 0 fully saturated rings. The Morgan fingerprint density at radius 1 is 0.380 bits per heavy atom. The number of unbranched alkanes of at least 4 members (excludes halogenated alkanes) is 1. The third kappa shape index (κ3) is 7.18. The molecule has 6 aromatic carbocycles. The lowest BCUT2D eigenvalue weighted by Gasteiger charge is -2.11.